The van der Waals surface area contributed by atoms with Gasteiger partial charge < -0.3 is 24.3 Å². The Kier molecular flexibility index (Phi) is 7.61. The fraction of sp³-hybridized carbons (Fsp3) is 0.522. The number of carbonyl (C=O) groups is 1. The van der Waals surface area contributed by atoms with Gasteiger partial charge in [0.2, 0.25) is 0 Å². The maximum atomic E-state index is 13.0. The van der Waals surface area contributed by atoms with E-state index in [1.165, 1.54) is 4.68 Å². The number of ether oxygens (including phenoxy) is 3. The molecule has 0 bridgehead atoms. The van der Waals surface area contributed by atoms with Crippen molar-refractivity contribution in [2.45, 2.75) is 39.9 Å². The van der Waals surface area contributed by atoms with Crippen molar-refractivity contribution in [3.63, 3.8) is 0 Å². The molecule has 1 aliphatic heterocycles. The molecule has 12 heteroatoms. The lowest BCUT2D eigenvalue weighted by molar-refractivity contribution is -0.144. The number of aliphatic hydroxyl groups excluding tert-OH is 1. The summed E-state index contributed by atoms with van der Waals surface area (Å²) in [6.45, 7) is 7.14. The Morgan fingerprint density at radius 2 is 2.00 bits per heavy atom. The van der Waals surface area contributed by atoms with Crippen LogP contribution in [0, 0.1) is 5.92 Å². The van der Waals surface area contributed by atoms with Gasteiger partial charge in [0.05, 0.1) is 24.8 Å². The zero-order valence-electron chi connectivity index (χ0n) is 20.1. The minimum atomic E-state index is -0.447. The molecule has 35 heavy (non-hydrogen) atoms. The lowest BCUT2D eigenvalue weighted by Crippen LogP contribution is -2.37. The largest absolute Gasteiger partial charge is 0.486 e. The number of aliphatic hydroxyl groups is 1. The van der Waals surface area contributed by atoms with Gasteiger partial charge in [0.15, 0.2) is 17.3 Å². The molecule has 1 aromatic carbocycles. The number of hydrogen-bond acceptors (Lipinski definition) is 10. The van der Waals surface area contributed by atoms with Gasteiger partial charge in [0, 0.05) is 30.1 Å². The van der Waals surface area contributed by atoms with Crippen molar-refractivity contribution in [2.24, 2.45) is 5.92 Å². The van der Waals surface area contributed by atoms with Crippen molar-refractivity contribution >= 4 is 16.9 Å². The number of aromatic amines is 1. The molecule has 188 valence electrons. The molecule has 1 unspecified atom stereocenters. The van der Waals surface area contributed by atoms with E-state index in [9.17, 15) is 14.7 Å². The predicted octanol–water partition coefficient (Wildman–Crippen LogP) is 1.04. The average molecular weight is 487 g/mol. The zero-order chi connectivity index (χ0) is 24.9. The van der Waals surface area contributed by atoms with Gasteiger partial charge in [0.25, 0.3) is 5.56 Å². The number of H-pyrrole nitrogens is 1. The zero-order valence-corrected chi connectivity index (χ0v) is 20.1. The van der Waals surface area contributed by atoms with Gasteiger partial charge in [-0.1, -0.05) is 13.8 Å². The average Bonchev–Trinajstić information content (AvgIpc) is 3.25. The summed E-state index contributed by atoms with van der Waals surface area (Å²) in [5, 5.41) is 22.5. The van der Waals surface area contributed by atoms with Crippen LogP contribution in [0.25, 0.3) is 10.9 Å². The van der Waals surface area contributed by atoms with Crippen LogP contribution in [0.15, 0.2) is 23.0 Å². The monoisotopic (exact) mass is 486 g/mol. The normalized spacial score (nSPS) is 14.0. The number of fused-ring (bicyclic) bond motifs is 2. The Morgan fingerprint density at radius 3 is 2.69 bits per heavy atom. The smallest absolute Gasteiger partial charge is 0.327 e. The van der Waals surface area contributed by atoms with Crippen LogP contribution in [-0.4, -0.2) is 74.1 Å². The van der Waals surface area contributed by atoms with Crippen LogP contribution in [0.5, 0.6) is 11.5 Å². The molecular formula is C23H30N6O6. The van der Waals surface area contributed by atoms with E-state index < -0.39 is 5.97 Å². The molecule has 0 spiro atoms. The molecule has 0 radical (unpaired) electrons. The number of pyridine rings is 1. The number of nitrogens with one attached hydrogen (secondary N) is 1. The molecule has 2 N–H and O–H groups in total. The van der Waals surface area contributed by atoms with E-state index >= 15 is 0 Å². The van der Waals surface area contributed by atoms with Gasteiger partial charge in [-0.15, -0.1) is 5.10 Å². The molecule has 0 amide bonds. The van der Waals surface area contributed by atoms with Gasteiger partial charge in [0.1, 0.15) is 19.8 Å². The third-order valence-electron chi connectivity index (χ3n) is 5.78. The van der Waals surface area contributed by atoms with E-state index in [4.69, 9.17) is 14.2 Å². The highest BCUT2D eigenvalue weighted by Gasteiger charge is 2.30. The summed E-state index contributed by atoms with van der Waals surface area (Å²) >= 11 is 0. The van der Waals surface area contributed by atoms with E-state index in [0.717, 1.165) is 5.39 Å². The summed E-state index contributed by atoms with van der Waals surface area (Å²) in [5.74, 6) is 1.25. The minimum absolute atomic E-state index is 0.00519. The Morgan fingerprint density at radius 1 is 1.26 bits per heavy atom. The van der Waals surface area contributed by atoms with Crippen LogP contribution >= 0.6 is 0 Å². The summed E-state index contributed by atoms with van der Waals surface area (Å²) in [6, 6.07) is 5.05. The molecule has 0 saturated heterocycles. The second kappa shape index (κ2) is 10.8. The molecule has 1 atom stereocenters. The molecule has 3 heterocycles. The van der Waals surface area contributed by atoms with Gasteiger partial charge in [-0.05, 0) is 35.4 Å². The maximum absolute atomic E-state index is 13.0. The number of benzene rings is 1. The van der Waals surface area contributed by atoms with Crippen LogP contribution in [-0.2, 0) is 22.6 Å². The second-order valence-electron chi connectivity index (χ2n) is 8.59. The summed E-state index contributed by atoms with van der Waals surface area (Å²) in [5.41, 5.74) is 0.916. The van der Waals surface area contributed by atoms with Crippen molar-refractivity contribution in [3.8, 4) is 11.5 Å². The number of hydrogen-bond donors (Lipinski definition) is 2. The molecule has 3 aromatic rings. The van der Waals surface area contributed by atoms with E-state index in [0.29, 0.717) is 41.6 Å². The molecule has 1 aliphatic rings. The first-order valence-corrected chi connectivity index (χ1v) is 11.6. The van der Waals surface area contributed by atoms with Crippen LogP contribution in [0.4, 0.5) is 0 Å². The van der Waals surface area contributed by atoms with Crippen LogP contribution in [0.1, 0.15) is 38.2 Å². The molecule has 2 aromatic heterocycles. The quantitative estimate of drug-likeness (QED) is 0.399. The van der Waals surface area contributed by atoms with Gasteiger partial charge in [-0.25, -0.2) is 4.68 Å². The topological polar surface area (TPSA) is 145 Å². The maximum Gasteiger partial charge on any atom is 0.327 e. The van der Waals surface area contributed by atoms with Crippen molar-refractivity contribution in [1.82, 2.24) is 30.1 Å². The van der Waals surface area contributed by atoms with E-state index in [1.807, 2.05) is 30.9 Å². The van der Waals surface area contributed by atoms with Crippen molar-refractivity contribution in [1.29, 1.82) is 0 Å². The lowest BCUT2D eigenvalue weighted by Gasteiger charge is -2.33. The highest BCUT2D eigenvalue weighted by atomic mass is 16.6. The van der Waals surface area contributed by atoms with Crippen LogP contribution in [0.3, 0.4) is 0 Å². The molecule has 0 fully saturated rings. The van der Waals surface area contributed by atoms with Crippen molar-refractivity contribution < 1.29 is 24.1 Å². The predicted molar refractivity (Wildman–Crippen MR) is 125 cm³/mol. The molecule has 0 aliphatic carbocycles. The first-order chi connectivity index (χ1) is 16.9. The Hall–Kier alpha value is -3.51. The van der Waals surface area contributed by atoms with Gasteiger partial charge >= 0.3 is 5.97 Å². The van der Waals surface area contributed by atoms with E-state index in [-0.39, 0.29) is 50.4 Å². The Labute approximate surface area is 201 Å². The van der Waals surface area contributed by atoms with Crippen LogP contribution < -0.4 is 15.0 Å². The summed E-state index contributed by atoms with van der Waals surface area (Å²) in [4.78, 5) is 29.9. The molecule has 4 rings (SSSR count). The first-order valence-electron chi connectivity index (χ1n) is 11.6. The fourth-order valence-electron chi connectivity index (χ4n) is 4.32. The molecule has 12 nitrogen and oxygen atoms in total. The Balaban J connectivity index is 1.67. The number of tetrazole rings is 1. The third kappa shape index (κ3) is 5.43. The highest BCUT2D eigenvalue weighted by molar-refractivity contribution is 5.83. The van der Waals surface area contributed by atoms with E-state index in [2.05, 4.69) is 20.5 Å². The van der Waals surface area contributed by atoms with E-state index in [1.54, 1.807) is 13.0 Å². The lowest BCUT2D eigenvalue weighted by atomic mass is 10.0. The van der Waals surface area contributed by atoms with Crippen molar-refractivity contribution in [2.75, 3.05) is 33.0 Å². The third-order valence-corrected chi connectivity index (χ3v) is 5.78. The van der Waals surface area contributed by atoms with Crippen molar-refractivity contribution in [3.05, 3.63) is 39.9 Å². The number of esters is 1. The first kappa shape index (κ1) is 24.6. The minimum Gasteiger partial charge on any atom is -0.486 e. The van der Waals surface area contributed by atoms with Gasteiger partial charge in [-0.2, -0.15) is 0 Å². The summed E-state index contributed by atoms with van der Waals surface area (Å²) in [6.07, 6.45) is 0. The highest BCUT2D eigenvalue weighted by Crippen LogP contribution is 2.34. The number of carbonyl (C=O) groups excluding carboxylic acids is 1. The fourth-order valence-corrected chi connectivity index (χ4v) is 4.32. The summed E-state index contributed by atoms with van der Waals surface area (Å²) < 4.78 is 17.7. The number of aromatic nitrogens is 5. The number of rotatable bonds is 10. The second-order valence-corrected chi connectivity index (χ2v) is 8.59. The number of nitrogens with zero attached hydrogens (tertiary/aromatic N) is 5. The Bertz CT molecular complexity index is 1240. The van der Waals surface area contributed by atoms with Crippen LogP contribution in [0.2, 0.25) is 0 Å². The van der Waals surface area contributed by atoms with Gasteiger partial charge in [-0.3, -0.25) is 14.5 Å². The SMILES string of the molecule is CCOC(=O)Cn1nnnc1C(C(C)C)N(CCO)Cc1cc2cc3c(cc2[nH]c1=O)OCCO3. The molecular weight excluding hydrogens is 456 g/mol. The standard InChI is InChI=1S/C23H30N6O6/c1-4-33-20(31)13-29-22(25-26-27-29)21(14(2)3)28(5-6-30)12-16-9-15-10-18-19(35-8-7-34-18)11-17(15)24-23(16)32/h9-11,14,21,30H,4-8,12-13H2,1-3H3,(H,24,32). The molecule has 0 saturated carbocycles. The summed E-state index contributed by atoms with van der Waals surface area (Å²) in [7, 11) is 0.